The lowest BCUT2D eigenvalue weighted by atomic mass is 9.75. The van der Waals surface area contributed by atoms with E-state index in [1.54, 1.807) is 0 Å². The molecule has 2 aliphatic rings. The SMILES string of the molecule is CCC(N)CSC1CCOC2(CCC2)C1. The Morgan fingerprint density at radius 1 is 1.53 bits per heavy atom. The molecule has 2 nitrogen and oxygen atoms in total. The Labute approximate surface area is 97.3 Å². The van der Waals surface area contributed by atoms with Gasteiger partial charge in [-0.25, -0.2) is 0 Å². The molecule has 0 radical (unpaired) electrons. The van der Waals surface area contributed by atoms with Crippen LogP contribution in [0, 0.1) is 0 Å². The summed E-state index contributed by atoms with van der Waals surface area (Å²) < 4.78 is 5.92. The summed E-state index contributed by atoms with van der Waals surface area (Å²) in [6, 6.07) is 0.384. The first-order valence-electron chi connectivity index (χ1n) is 6.25. The fourth-order valence-corrected chi connectivity index (χ4v) is 3.86. The van der Waals surface area contributed by atoms with Gasteiger partial charge in [0.2, 0.25) is 0 Å². The Morgan fingerprint density at radius 2 is 2.33 bits per heavy atom. The highest BCUT2D eigenvalue weighted by Gasteiger charge is 2.42. The van der Waals surface area contributed by atoms with Crippen molar-refractivity contribution >= 4 is 11.8 Å². The summed E-state index contributed by atoms with van der Waals surface area (Å²) in [5.74, 6) is 1.12. The summed E-state index contributed by atoms with van der Waals surface area (Å²) in [4.78, 5) is 0. The Hall–Kier alpha value is 0.270. The molecule has 0 aromatic rings. The molecular weight excluding hydrogens is 206 g/mol. The zero-order valence-electron chi connectivity index (χ0n) is 9.71. The van der Waals surface area contributed by atoms with Gasteiger partial charge in [-0.1, -0.05) is 6.92 Å². The number of thioether (sulfide) groups is 1. The van der Waals surface area contributed by atoms with E-state index in [4.69, 9.17) is 10.5 Å². The van der Waals surface area contributed by atoms with Crippen LogP contribution in [0.5, 0.6) is 0 Å². The van der Waals surface area contributed by atoms with Gasteiger partial charge >= 0.3 is 0 Å². The molecule has 1 spiro atoms. The van der Waals surface area contributed by atoms with Crippen molar-refractivity contribution in [3.05, 3.63) is 0 Å². The van der Waals surface area contributed by atoms with Crippen LogP contribution in [-0.4, -0.2) is 29.3 Å². The van der Waals surface area contributed by atoms with Gasteiger partial charge in [0.25, 0.3) is 0 Å². The summed E-state index contributed by atoms with van der Waals surface area (Å²) in [7, 11) is 0. The molecule has 88 valence electrons. The zero-order valence-corrected chi connectivity index (χ0v) is 10.5. The Balaban J connectivity index is 1.73. The molecule has 2 unspecified atom stereocenters. The van der Waals surface area contributed by atoms with Crippen LogP contribution in [0.2, 0.25) is 0 Å². The fourth-order valence-electron chi connectivity index (χ4n) is 2.42. The maximum atomic E-state index is 5.95. The third-order valence-electron chi connectivity index (χ3n) is 3.78. The molecule has 0 bridgehead atoms. The Morgan fingerprint density at radius 3 is 2.93 bits per heavy atom. The van der Waals surface area contributed by atoms with E-state index in [-0.39, 0.29) is 0 Å². The maximum Gasteiger partial charge on any atom is 0.0693 e. The van der Waals surface area contributed by atoms with Crippen LogP contribution in [0.1, 0.15) is 45.4 Å². The Bertz CT molecular complexity index is 206. The van der Waals surface area contributed by atoms with E-state index < -0.39 is 0 Å². The molecular formula is C12H23NOS. The number of nitrogens with two attached hydrogens (primary N) is 1. The number of hydrogen-bond donors (Lipinski definition) is 1. The van der Waals surface area contributed by atoms with Crippen molar-refractivity contribution in [2.75, 3.05) is 12.4 Å². The molecule has 0 amide bonds. The normalized spacial score (nSPS) is 31.2. The second-order valence-electron chi connectivity index (χ2n) is 5.00. The fraction of sp³-hybridized carbons (Fsp3) is 1.00. The van der Waals surface area contributed by atoms with Crippen molar-refractivity contribution in [1.29, 1.82) is 0 Å². The smallest absolute Gasteiger partial charge is 0.0693 e. The number of ether oxygens (including phenoxy) is 1. The van der Waals surface area contributed by atoms with Crippen molar-refractivity contribution in [2.24, 2.45) is 5.73 Å². The summed E-state index contributed by atoms with van der Waals surface area (Å²) in [5.41, 5.74) is 6.25. The summed E-state index contributed by atoms with van der Waals surface area (Å²) >= 11 is 2.08. The molecule has 1 saturated carbocycles. The van der Waals surface area contributed by atoms with Gasteiger partial charge in [0.1, 0.15) is 0 Å². The van der Waals surface area contributed by atoms with Crippen molar-refractivity contribution in [1.82, 2.24) is 0 Å². The van der Waals surface area contributed by atoms with E-state index in [0.29, 0.717) is 11.6 Å². The van der Waals surface area contributed by atoms with E-state index in [2.05, 4.69) is 18.7 Å². The van der Waals surface area contributed by atoms with Crippen LogP contribution in [0.25, 0.3) is 0 Å². The molecule has 15 heavy (non-hydrogen) atoms. The average Bonchev–Trinajstić information content (AvgIpc) is 2.24. The first kappa shape index (κ1) is 11.7. The van der Waals surface area contributed by atoms with Gasteiger partial charge in [0.15, 0.2) is 0 Å². The number of hydrogen-bond acceptors (Lipinski definition) is 3. The minimum Gasteiger partial charge on any atom is -0.375 e. The van der Waals surface area contributed by atoms with Gasteiger partial charge in [0, 0.05) is 23.7 Å². The molecule has 1 saturated heterocycles. The molecule has 0 aromatic carbocycles. The third-order valence-corrected chi connectivity index (χ3v) is 5.28. The Kier molecular flexibility index (Phi) is 3.97. The largest absolute Gasteiger partial charge is 0.375 e. The zero-order chi connectivity index (χ0) is 10.7. The molecule has 0 aromatic heterocycles. The highest BCUT2D eigenvalue weighted by atomic mass is 32.2. The van der Waals surface area contributed by atoms with Crippen LogP contribution in [-0.2, 0) is 4.74 Å². The minimum absolute atomic E-state index is 0.298. The monoisotopic (exact) mass is 229 g/mol. The molecule has 2 N–H and O–H groups in total. The average molecular weight is 229 g/mol. The van der Waals surface area contributed by atoms with Gasteiger partial charge in [-0.3, -0.25) is 0 Å². The van der Waals surface area contributed by atoms with Gasteiger partial charge in [0.05, 0.1) is 5.60 Å². The van der Waals surface area contributed by atoms with E-state index >= 15 is 0 Å². The van der Waals surface area contributed by atoms with Crippen molar-refractivity contribution in [3.8, 4) is 0 Å². The summed E-state index contributed by atoms with van der Waals surface area (Å²) in [5, 5.41) is 0.802. The van der Waals surface area contributed by atoms with E-state index in [0.717, 1.165) is 24.0 Å². The van der Waals surface area contributed by atoms with Crippen LogP contribution in [0.15, 0.2) is 0 Å². The quantitative estimate of drug-likeness (QED) is 0.804. The van der Waals surface area contributed by atoms with Crippen LogP contribution < -0.4 is 5.73 Å². The second-order valence-corrected chi connectivity index (χ2v) is 6.33. The predicted octanol–water partition coefficient (Wildman–Crippen LogP) is 2.56. The van der Waals surface area contributed by atoms with Gasteiger partial charge in [-0.15, -0.1) is 0 Å². The van der Waals surface area contributed by atoms with Crippen molar-refractivity contribution in [2.45, 2.75) is 62.3 Å². The highest BCUT2D eigenvalue weighted by molar-refractivity contribution is 7.99. The predicted molar refractivity (Wildman–Crippen MR) is 66.3 cm³/mol. The minimum atomic E-state index is 0.298. The molecule has 2 atom stereocenters. The van der Waals surface area contributed by atoms with Crippen LogP contribution in [0.3, 0.4) is 0 Å². The lowest BCUT2D eigenvalue weighted by Crippen LogP contribution is -2.46. The topological polar surface area (TPSA) is 35.2 Å². The molecule has 1 heterocycles. The van der Waals surface area contributed by atoms with Crippen molar-refractivity contribution in [3.63, 3.8) is 0 Å². The van der Waals surface area contributed by atoms with Crippen LogP contribution in [0.4, 0.5) is 0 Å². The van der Waals surface area contributed by atoms with E-state index in [1.165, 1.54) is 32.1 Å². The van der Waals surface area contributed by atoms with E-state index in [1.807, 2.05) is 0 Å². The molecule has 2 fully saturated rings. The lowest BCUT2D eigenvalue weighted by molar-refractivity contribution is -0.125. The lowest BCUT2D eigenvalue weighted by Gasteiger charge is -2.47. The summed E-state index contributed by atoms with van der Waals surface area (Å²) in [6.45, 7) is 3.14. The van der Waals surface area contributed by atoms with Crippen LogP contribution >= 0.6 is 11.8 Å². The van der Waals surface area contributed by atoms with Gasteiger partial charge < -0.3 is 10.5 Å². The van der Waals surface area contributed by atoms with E-state index in [9.17, 15) is 0 Å². The number of rotatable bonds is 4. The first-order chi connectivity index (χ1) is 7.24. The van der Waals surface area contributed by atoms with Gasteiger partial charge in [-0.05, 0) is 38.5 Å². The van der Waals surface area contributed by atoms with Gasteiger partial charge in [-0.2, -0.15) is 11.8 Å². The first-order valence-corrected chi connectivity index (χ1v) is 7.30. The molecule has 1 aliphatic carbocycles. The maximum absolute atomic E-state index is 5.95. The molecule has 1 aliphatic heterocycles. The standard InChI is InChI=1S/C12H23NOS/c1-2-10(13)9-15-11-4-7-14-12(8-11)5-3-6-12/h10-11H,2-9,13H2,1H3. The summed E-state index contributed by atoms with van der Waals surface area (Å²) in [6.07, 6.45) is 7.55. The highest BCUT2D eigenvalue weighted by Crippen LogP contribution is 2.45. The van der Waals surface area contributed by atoms with Crippen molar-refractivity contribution < 1.29 is 4.74 Å². The third kappa shape index (κ3) is 2.89. The molecule has 3 heteroatoms. The second kappa shape index (κ2) is 5.07. The molecule has 2 rings (SSSR count).